The van der Waals surface area contributed by atoms with Gasteiger partial charge in [-0.15, -0.1) is 0 Å². The van der Waals surface area contributed by atoms with E-state index in [2.05, 4.69) is 0 Å². The molecule has 60 valence electrons. The Kier molecular flexibility index (Phi) is 2.15. The quantitative estimate of drug-likeness (QED) is 0.479. The van der Waals surface area contributed by atoms with Gasteiger partial charge < -0.3 is 15.5 Å². The lowest BCUT2D eigenvalue weighted by Gasteiger charge is -2.10. The first-order chi connectivity index (χ1) is 4.50. The first-order valence-electron chi connectivity index (χ1n) is 3.31. The first-order valence-corrected chi connectivity index (χ1v) is 4.99. The lowest BCUT2D eigenvalue weighted by Crippen LogP contribution is -2.16. The van der Waals surface area contributed by atoms with Crippen molar-refractivity contribution in [3.8, 4) is 0 Å². The van der Waals surface area contributed by atoms with E-state index in [1.54, 1.807) is 0 Å². The Bertz CT molecular complexity index is 166. The molecule has 1 fully saturated rings. The van der Waals surface area contributed by atoms with Crippen LogP contribution in [0, 0.1) is 0 Å². The minimum Gasteiger partial charge on any atom is -0.328 e. The fourth-order valence-corrected chi connectivity index (χ4v) is 2.33. The van der Waals surface area contributed by atoms with Gasteiger partial charge in [0.1, 0.15) is 0 Å². The summed E-state index contributed by atoms with van der Waals surface area (Å²) in [5.74, 6) is 0. The summed E-state index contributed by atoms with van der Waals surface area (Å²) in [4.78, 5) is 17.4. The van der Waals surface area contributed by atoms with E-state index < -0.39 is 13.3 Å². The van der Waals surface area contributed by atoms with E-state index in [0.717, 1.165) is 6.42 Å². The molecule has 0 amide bonds. The van der Waals surface area contributed by atoms with E-state index in [9.17, 15) is 4.57 Å². The summed E-state index contributed by atoms with van der Waals surface area (Å²) in [5, 5.41) is 0. The van der Waals surface area contributed by atoms with Gasteiger partial charge in [0.2, 0.25) is 0 Å². The molecule has 4 nitrogen and oxygen atoms in total. The Hall–Kier alpha value is 0.110. The Morgan fingerprint density at radius 3 is 2.20 bits per heavy atom. The standard InChI is InChI=1S/C5H12NO3P/c6-4-1-2-5(3-4)10(7,8)9/h4-5H,1-3,6H2,(H2,7,8,9)/t4-,5-/m1/s1. The van der Waals surface area contributed by atoms with E-state index >= 15 is 0 Å². The average molecular weight is 165 g/mol. The molecule has 0 aromatic heterocycles. The molecular weight excluding hydrogens is 153 g/mol. The predicted molar refractivity (Wildman–Crippen MR) is 37.7 cm³/mol. The zero-order chi connectivity index (χ0) is 7.78. The fourth-order valence-electron chi connectivity index (χ4n) is 1.30. The number of hydrogen-bond donors (Lipinski definition) is 3. The van der Waals surface area contributed by atoms with Crippen LogP contribution in [0.3, 0.4) is 0 Å². The molecule has 1 aliphatic carbocycles. The molecule has 0 bridgehead atoms. The number of nitrogens with two attached hydrogens (primary N) is 1. The molecule has 5 heteroatoms. The third-order valence-corrected chi connectivity index (χ3v) is 3.34. The second-order valence-electron chi connectivity index (χ2n) is 2.82. The van der Waals surface area contributed by atoms with Crippen molar-refractivity contribution in [1.82, 2.24) is 0 Å². The molecule has 1 saturated carbocycles. The maximum absolute atomic E-state index is 10.6. The zero-order valence-electron chi connectivity index (χ0n) is 5.60. The summed E-state index contributed by atoms with van der Waals surface area (Å²) in [6.07, 6.45) is 1.80. The van der Waals surface area contributed by atoms with Gasteiger partial charge in [0.05, 0.1) is 5.66 Å². The van der Waals surface area contributed by atoms with Crippen molar-refractivity contribution in [3.05, 3.63) is 0 Å². The molecule has 10 heavy (non-hydrogen) atoms. The van der Waals surface area contributed by atoms with E-state index in [1.807, 2.05) is 0 Å². The molecule has 0 aliphatic heterocycles. The monoisotopic (exact) mass is 165 g/mol. The summed E-state index contributed by atoms with van der Waals surface area (Å²) in [5.41, 5.74) is 5.01. The van der Waals surface area contributed by atoms with E-state index in [-0.39, 0.29) is 6.04 Å². The van der Waals surface area contributed by atoms with Crippen LogP contribution in [-0.4, -0.2) is 21.5 Å². The molecule has 4 N–H and O–H groups in total. The topological polar surface area (TPSA) is 83.6 Å². The van der Waals surface area contributed by atoms with Gasteiger partial charge in [0.15, 0.2) is 0 Å². The second-order valence-corrected chi connectivity index (χ2v) is 4.72. The molecule has 0 aromatic rings. The van der Waals surface area contributed by atoms with Crippen LogP contribution < -0.4 is 5.73 Å². The van der Waals surface area contributed by atoms with Crippen LogP contribution in [0.15, 0.2) is 0 Å². The average Bonchev–Trinajstić information content (AvgIpc) is 2.11. The Morgan fingerprint density at radius 2 is 2.00 bits per heavy atom. The Morgan fingerprint density at radius 1 is 1.40 bits per heavy atom. The van der Waals surface area contributed by atoms with E-state index in [1.165, 1.54) is 0 Å². The van der Waals surface area contributed by atoms with Gasteiger partial charge in [-0.05, 0) is 19.3 Å². The van der Waals surface area contributed by atoms with Crippen LogP contribution in [0.5, 0.6) is 0 Å². The maximum Gasteiger partial charge on any atom is 0.328 e. The molecule has 2 atom stereocenters. The second kappa shape index (κ2) is 2.62. The predicted octanol–water partition coefficient (Wildman–Crippen LogP) is 0.0439. The van der Waals surface area contributed by atoms with Gasteiger partial charge in [0.25, 0.3) is 0 Å². The molecule has 0 heterocycles. The zero-order valence-corrected chi connectivity index (χ0v) is 6.50. The minimum absolute atomic E-state index is 0.00220. The van der Waals surface area contributed by atoms with Crippen LogP contribution >= 0.6 is 7.60 Å². The van der Waals surface area contributed by atoms with Crippen molar-refractivity contribution in [1.29, 1.82) is 0 Å². The SMILES string of the molecule is N[C@@H]1CC[C@@H](P(=O)(O)O)C1. The van der Waals surface area contributed by atoms with Crippen LogP contribution in [0.25, 0.3) is 0 Å². The largest absolute Gasteiger partial charge is 0.328 e. The molecule has 0 saturated heterocycles. The number of rotatable bonds is 1. The first kappa shape index (κ1) is 8.21. The van der Waals surface area contributed by atoms with Crippen LogP contribution in [0.1, 0.15) is 19.3 Å². The van der Waals surface area contributed by atoms with Crippen LogP contribution in [-0.2, 0) is 4.57 Å². The third-order valence-electron chi connectivity index (χ3n) is 1.92. The molecular formula is C5H12NO3P. The third kappa shape index (κ3) is 1.80. The summed E-state index contributed by atoms with van der Waals surface area (Å²) in [7, 11) is -3.83. The van der Waals surface area contributed by atoms with Gasteiger partial charge in [-0.2, -0.15) is 0 Å². The summed E-state index contributed by atoms with van der Waals surface area (Å²) >= 11 is 0. The fraction of sp³-hybridized carbons (Fsp3) is 1.00. The Balaban J connectivity index is 2.53. The van der Waals surface area contributed by atoms with Crippen molar-refractivity contribution in [2.24, 2.45) is 5.73 Å². The van der Waals surface area contributed by atoms with Gasteiger partial charge in [-0.1, -0.05) is 0 Å². The summed E-state index contributed by atoms with van der Waals surface area (Å²) in [6.45, 7) is 0. The highest BCUT2D eigenvalue weighted by Gasteiger charge is 2.34. The highest BCUT2D eigenvalue weighted by Crippen LogP contribution is 2.48. The lowest BCUT2D eigenvalue weighted by atomic mass is 10.3. The summed E-state index contributed by atoms with van der Waals surface area (Å²) in [6, 6.07) is -0.00220. The maximum atomic E-state index is 10.6. The van der Waals surface area contributed by atoms with Gasteiger partial charge in [-0.25, -0.2) is 0 Å². The van der Waals surface area contributed by atoms with Gasteiger partial charge >= 0.3 is 7.60 Å². The van der Waals surface area contributed by atoms with Crippen molar-refractivity contribution in [3.63, 3.8) is 0 Å². The molecule has 0 unspecified atom stereocenters. The van der Waals surface area contributed by atoms with Gasteiger partial charge in [-0.3, -0.25) is 4.57 Å². The Labute approximate surface area is 59.6 Å². The van der Waals surface area contributed by atoms with Crippen molar-refractivity contribution >= 4 is 7.60 Å². The van der Waals surface area contributed by atoms with Crippen LogP contribution in [0.2, 0.25) is 0 Å². The molecule has 0 radical (unpaired) electrons. The molecule has 1 rings (SSSR count). The van der Waals surface area contributed by atoms with E-state index in [4.69, 9.17) is 15.5 Å². The van der Waals surface area contributed by atoms with Crippen molar-refractivity contribution in [2.45, 2.75) is 31.0 Å². The van der Waals surface area contributed by atoms with Crippen molar-refractivity contribution in [2.75, 3.05) is 0 Å². The smallest absolute Gasteiger partial charge is 0.328 e. The molecule has 1 aliphatic rings. The van der Waals surface area contributed by atoms with Crippen molar-refractivity contribution < 1.29 is 14.4 Å². The highest BCUT2D eigenvalue weighted by atomic mass is 31.2. The number of hydrogen-bond acceptors (Lipinski definition) is 2. The van der Waals surface area contributed by atoms with Gasteiger partial charge in [0, 0.05) is 6.04 Å². The highest BCUT2D eigenvalue weighted by molar-refractivity contribution is 7.52. The normalized spacial score (nSPS) is 34.7. The minimum atomic E-state index is -3.83. The van der Waals surface area contributed by atoms with Crippen LogP contribution in [0.4, 0.5) is 0 Å². The molecule has 0 spiro atoms. The van der Waals surface area contributed by atoms with E-state index in [0.29, 0.717) is 12.8 Å². The molecule has 0 aromatic carbocycles. The summed E-state index contributed by atoms with van der Waals surface area (Å²) < 4.78 is 10.6. The lowest BCUT2D eigenvalue weighted by molar-refractivity contribution is 0.357.